The Kier molecular flexibility index (Phi) is 3.93. The first-order valence-electron chi connectivity index (χ1n) is 7.89. The fourth-order valence-corrected chi connectivity index (χ4v) is 2.98. The number of fused-ring (bicyclic) bond motifs is 3. The van der Waals surface area contributed by atoms with Crippen LogP contribution < -0.4 is 0 Å². The summed E-state index contributed by atoms with van der Waals surface area (Å²) in [6.07, 6.45) is 0.775. The van der Waals surface area contributed by atoms with Gasteiger partial charge in [0.05, 0.1) is 0 Å². The lowest BCUT2D eigenvalue weighted by atomic mass is 10.1. The average Bonchev–Trinajstić information content (AvgIpc) is 2.95. The van der Waals surface area contributed by atoms with Crippen LogP contribution in [0.2, 0.25) is 5.02 Å². The third kappa shape index (κ3) is 2.98. The van der Waals surface area contributed by atoms with E-state index in [2.05, 4.69) is 5.10 Å². The first kappa shape index (κ1) is 15.7. The fourth-order valence-electron chi connectivity index (χ4n) is 2.80. The zero-order valence-corrected chi connectivity index (χ0v) is 14.2. The van der Waals surface area contributed by atoms with E-state index in [1.807, 2.05) is 48.5 Å². The van der Waals surface area contributed by atoms with Gasteiger partial charge in [0.2, 0.25) is 0 Å². The number of carbonyl (C=O) groups is 1. The summed E-state index contributed by atoms with van der Waals surface area (Å²) in [6.45, 7) is 1.93. The van der Waals surface area contributed by atoms with E-state index in [1.54, 1.807) is 13.0 Å². The van der Waals surface area contributed by atoms with Crippen molar-refractivity contribution in [3.05, 3.63) is 76.0 Å². The molecule has 0 bridgehead atoms. The fraction of sp³-hybridized carbons (Fsp3) is 0.158. The largest absolute Gasteiger partial charge is 0.466 e. The van der Waals surface area contributed by atoms with E-state index in [0.717, 1.165) is 16.7 Å². The van der Waals surface area contributed by atoms with Crippen molar-refractivity contribution in [2.45, 2.75) is 19.8 Å². The topological polar surface area (TPSA) is 51.1 Å². The van der Waals surface area contributed by atoms with E-state index in [4.69, 9.17) is 21.1 Å². The number of nitrogens with zero attached hydrogens (tertiary/aromatic N) is 2. The second-order valence-corrected chi connectivity index (χ2v) is 6.23. The Labute approximate surface area is 150 Å². The second kappa shape index (κ2) is 6.26. The molecule has 1 atom stereocenters. The van der Waals surface area contributed by atoms with Gasteiger partial charge in [-0.05, 0) is 36.3 Å². The lowest BCUT2D eigenvalue weighted by Gasteiger charge is -2.29. The van der Waals surface area contributed by atoms with Crippen molar-refractivity contribution in [2.24, 2.45) is 5.10 Å². The van der Waals surface area contributed by atoms with Crippen molar-refractivity contribution in [3.63, 3.8) is 0 Å². The number of hydrazone groups is 1. The maximum Gasteiger partial charge on any atom is 0.434 e. The van der Waals surface area contributed by atoms with Gasteiger partial charge >= 0.3 is 6.09 Å². The summed E-state index contributed by atoms with van der Waals surface area (Å²) in [5.74, 6) is 0.636. The number of hydrogen-bond donors (Lipinski definition) is 0. The second-order valence-electron chi connectivity index (χ2n) is 5.79. The monoisotopic (exact) mass is 354 g/mol. The van der Waals surface area contributed by atoms with Crippen LogP contribution in [0.25, 0.3) is 6.08 Å². The van der Waals surface area contributed by atoms with E-state index in [1.165, 1.54) is 5.01 Å². The van der Waals surface area contributed by atoms with Crippen molar-refractivity contribution >= 4 is 29.5 Å². The number of rotatable bonds is 2. The number of halogens is 1. The van der Waals surface area contributed by atoms with E-state index in [0.29, 0.717) is 16.5 Å². The maximum absolute atomic E-state index is 12.4. The van der Waals surface area contributed by atoms with Crippen LogP contribution in [0.3, 0.4) is 0 Å². The van der Waals surface area contributed by atoms with Gasteiger partial charge in [0.25, 0.3) is 0 Å². The molecule has 25 heavy (non-hydrogen) atoms. The third-order valence-corrected chi connectivity index (χ3v) is 4.27. The quantitative estimate of drug-likeness (QED) is 0.802. The number of amides is 1. The molecule has 126 valence electrons. The molecule has 1 unspecified atom stereocenters. The van der Waals surface area contributed by atoms with E-state index in [-0.39, 0.29) is 6.61 Å². The van der Waals surface area contributed by atoms with Crippen LogP contribution in [0.1, 0.15) is 23.6 Å². The van der Waals surface area contributed by atoms with Crippen molar-refractivity contribution in [2.75, 3.05) is 0 Å². The van der Waals surface area contributed by atoms with Gasteiger partial charge in [-0.3, -0.25) is 0 Å². The average molecular weight is 355 g/mol. The van der Waals surface area contributed by atoms with Gasteiger partial charge in [0, 0.05) is 10.6 Å². The minimum atomic E-state index is -0.553. The first-order chi connectivity index (χ1) is 12.1. The molecule has 0 fully saturated rings. The summed E-state index contributed by atoms with van der Waals surface area (Å²) in [7, 11) is 0. The molecular formula is C19H15ClN2O3. The number of carbonyl (C=O) groups excluding carboxylic acids is 1. The van der Waals surface area contributed by atoms with Crippen LogP contribution in [0, 0.1) is 0 Å². The molecule has 1 aliphatic carbocycles. The number of benzene rings is 2. The van der Waals surface area contributed by atoms with Crippen LogP contribution in [0.4, 0.5) is 4.79 Å². The van der Waals surface area contributed by atoms with Crippen molar-refractivity contribution < 1.29 is 14.3 Å². The van der Waals surface area contributed by atoms with Crippen LogP contribution in [0.15, 0.2) is 59.4 Å². The molecule has 0 N–H and O–H groups in total. The molecule has 0 radical (unpaired) electrons. The molecule has 5 nitrogen and oxygen atoms in total. The van der Waals surface area contributed by atoms with Gasteiger partial charge in [0.1, 0.15) is 12.3 Å². The number of allylic oxidation sites excluding steroid dienone is 1. The van der Waals surface area contributed by atoms with Gasteiger partial charge in [-0.15, -0.1) is 0 Å². The minimum absolute atomic E-state index is 0.183. The van der Waals surface area contributed by atoms with Crippen molar-refractivity contribution in [1.82, 2.24) is 5.01 Å². The van der Waals surface area contributed by atoms with Crippen molar-refractivity contribution in [1.29, 1.82) is 0 Å². The minimum Gasteiger partial charge on any atom is -0.466 e. The molecule has 0 aromatic heterocycles. The molecule has 2 aromatic carbocycles. The summed E-state index contributed by atoms with van der Waals surface area (Å²) in [6, 6.07) is 15.0. The molecule has 1 heterocycles. The zero-order valence-electron chi connectivity index (χ0n) is 13.5. The van der Waals surface area contributed by atoms with E-state index in [9.17, 15) is 4.79 Å². The Hall–Kier alpha value is -2.79. The number of ether oxygens (including phenoxy) is 2. The molecule has 6 heteroatoms. The maximum atomic E-state index is 12.4. The van der Waals surface area contributed by atoms with Gasteiger partial charge in [0.15, 0.2) is 12.0 Å². The van der Waals surface area contributed by atoms with Crippen LogP contribution in [0.5, 0.6) is 0 Å². The molecular weight excluding hydrogens is 340 g/mol. The van der Waals surface area contributed by atoms with E-state index >= 15 is 0 Å². The summed E-state index contributed by atoms with van der Waals surface area (Å²) in [5, 5.41) is 6.31. The lowest BCUT2D eigenvalue weighted by molar-refractivity contribution is -0.0138. The highest BCUT2D eigenvalue weighted by atomic mass is 35.5. The highest BCUT2D eigenvalue weighted by Crippen LogP contribution is 2.33. The molecule has 0 saturated heterocycles. The highest BCUT2D eigenvalue weighted by Gasteiger charge is 2.34. The molecule has 0 spiro atoms. The van der Waals surface area contributed by atoms with Gasteiger partial charge < -0.3 is 9.47 Å². The summed E-state index contributed by atoms with van der Waals surface area (Å²) < 4.78 is 11.2. The Morgan fingerprint density at radius 1 is 1.28 bits per heavy atom. The first-order valence-corrected chi connectivity index (χ1v) is 8.27. The summed E-state index contributed by atoms with van der Waals surface area (Å²) >= 11 is 6.03. The van der Waals surface area contributed by atoms with E-state index < -0.39 is 12.3 Å². The zero-order chi connectivity index (χ0) is 17.4. The lowest BCUT2D eigenvalue weighted by Crippen LogP contribution is -2.41. The standard InChI is InChI=1S/C19H15ClN2O3/c1-12-22(19(23)24-11-13-5-3-2-4-6-13)21-18-16-8-7-15(20)9-14(16)10-17(18)25-12/h2-10,12H,11H2,1H3. The summed E-state index contributed by atoms with van der Waals surface area (Å²) in [4.78, 5) is 12.4. The number of hydrogen-bond acceptors (Lipinski definition) is 4. The molecule has 1 aliphatic heterocycles. The molecule has 2 aromatic rings. The van der Waals surface area contributed by atoms with Crippen LogP contribution in [-0.2, 0) is 16.1 Å². The molecule has 1 amide bonds. The van der Waals surface area contributed by atoms with Gasteiger partial charge in [-0.2, -0.15) is 10.1 Å². The van der Waals surface area contributed by atoms with Crippen LogP contribution >= 0.6 is 11.6 Å². The molecule has 2 aliphatic rings. The predicted molar refractivity (Wildman–Crippen MR) is 95.0 cm³/mol. The molecule has 0 saturated carbocycles. The smallest absolute Gasteiger partial charge is 0.434 e. The van der Waals surface area contributed by atoms with Gasteiger partial charge in [-0.25, -0.2) is 4.79 Å². The third-order valence-electron chi connectivity index (χ3n) is 4.03. The predicted octanol–water partition coefficient (Wildman–Crippen LogP) is 4.41. The molecule has 4 rings (SSSR count). The SMILES string of the molecule is CC1OC2=Cc3cc(Cl)ccc3C2=NN1C(=O)OCc1ccccc1. The summed E-state index contributed by atoms with van der Waals surface area (Å²) in [5.41, 5.74) is 3.33. The Bertz CT molecular complexity index is 893. The van der Waals surface area contributed by atoms with Gasteiger partial charge in [-0.1, -0.05) is 48.0 Å². The Balaban J connectivity index is 1.56. The Morgan fingerprint density at radius 3 is 2.88 bits per heavy atom. The van der Waals surface area contributed by atoms with Crippen LogP contribution in [-0.4, -0.2) is 23.0 Å². The highest BCUT2D eigenvalue weighted by molar-refractivity contribution is 6.31. The normalized spacial score (nSPS) is 17.8. The van der Waals surface area contributed by atoms with Crippen molar-refractivity contribution in [3.8, 4) is 0 Å². The Morgan fingerprint density at radius 2 is 2.08 bits per heavy atom.